The first-order chi connectivity index (χ1) is 12.7. The first-order valence-electron chi connectivity index (χ1n) is 11.3. The number of unbranched alkanes of at least 4 members (excludes halogenated alkanes) is 14. The number of nitrogens with one attached hydrogen (secondary N) is 2. The molecule has 4 nitrogen and oxygen atoms in total. The molecule has 0 aliphatic carbocycles. The molecule has 154 valence electrons. The number of amides is 2. The molecule has 0 rings (SSSR count). The van der Waals surface area contributed by atoms with E-state index in [1.807, 2.05) is 0 Å². The summed E-state index contributed by atoms with van der Waals surface area (Å²) in [5, 5.41) is 5.45. The fraction of sp³-hybridized carbons (Fsp3) is 0.909. The molecule has 2 amide bonds. The van der Waals surface area contributed by atoms with Gasteiger partial charge in [0.1, 0.15) is 0 Å². The monoisotopic (exact) mass is 368 g/mol. The number of hydrogen-bond donors (Lipinski definition) is 2. The Kier molecular flexibility index (Phi) is 19.4. The van der Waals surface area contributed by atoms with Crippen molar-refractivity contribution in [3.05, 3.63) is 0 Å². The second kappa shape index (κ2) is 20.3. The third-order valence-corrected chi connectivity index (χ3v) is 4.84. The van der Waals surface area contributed by atoms with Gasteiger partial charge < -0.3 is 10.6 Å². The molecular formula is C22H44N2O2. The van der Waals surface area contributed by atoms with Crippen LogP contribution in [0, 0.1) is 0 Å². The quantitative estimate of drug-likeness (QED) is 0.248. The highest BCUT2D eigenvalue weighted by Crippen LogP contribution is 2.08. The van der Waals surface area contributed by atoms with E-state index in [0.717, 1.165) is 25.7 Å². The minimum absolute atomic E-state index is 0.479. The largest absolute Gasteiger partial charge is 0.348 e. The van der Waals surface area contributed by atoms with Crippen molar-refractivity contribution in [1.29, 1.82) is 0 Å². The average Bonchev–Trinajstić information content (AvgIpc) is 2.65. The number of carbonyl (C=O) groups excluding carboxylic acids is 2. The van der Waals surface area contributed by atoms with E-state index < -0.39 is 11.8 Å². The first kappa shape index (κ1) is 24.9. The predicted molar refractivity (Wildman–Crippen MR) is 111 cm³/mol. The van der Waals surface area contributed by atoms with Gasteiger partial charge in [-0.1, -0.05) is 104 Å². The van der Waals surface area contributed by atoms with Gasteiger partial charge in [0, 0.05) is 13.1 Å². The van der Waals surface area contributed by atoms with Crippen LogP contribution in [0.25, 0.3) is 0 Å². The molecule has 0 aromatic heterocycles. The van der Waals surface area contributed by atoms with E-state index in [0.29, 0.717) is 13.1 Å². The molecule has 0 spiro atoms. The lowest BCUT2D eigenvalue weighted by atomic mass is 10.1. The normalized spacial score (nSPS) is 10.7. The summed E-state index contributed by atoms with van der Waals surface area (Å²) >= 11 is 0. The van der Waals surface area contributed by atoms with Gasteiger partial charge >= 0.3 is 11.8 Å². The lowest BCUT2D eigenvalue weighted by Gasteiger charge is -2.07. The van der Waals surface area contributed by atoms with Gasteiger partial charge in [-0.2, -0.15) is 0 Å². The van der Waals surface area contributed by atoms with Crippen LogP contribution in [0.15, 0.2) is 0 Å². The van der Waals surface area contributed by atoms with E-state index in [9.17, 15) is 9.59 Å². The lowest BCUT2D eigenvalue weighted by molar-refractivity contribution is -0.139. The third-order valence-electron chi connectivity index (χ3n) is 4.84. The van der Waals surface area contributed by atoms with E-state index >= 15 is 0 Å². The highest BCUT2D eigenvalue weighted by molar-refractivity contribution is 6.35. The maximum Gasteiger partial charge on any atom is 0.309 e. The highest BCUT2D eigenvalue weighted by atomic mass is 16.2. The van der Waals surface area contributed by atoms with Gasteiger partial charge in [-0.3, -0.25) is 9.59 Å². The van der Waals surface area contributed by atoms with Crippen molar-refractivity contribution in [2.24, 2.45) is 0 Å². The summed E-state index contributed by atoms with van der Waals surface area (Å²) in [7, 11) is 0. The first-order valence-corrected chi connectivity index (χ1v) is 11.3. The minimum Gasteiger partial charge on any atom is -0.348 e. The highest BCUT2D eigenvalue weighted by Gasteiger charge is 2.11. The molecule has 0 saturated heterocycles. The van der Waals surface area contributed by atoms with E-state index in [-0.39, 0.29) is 0 Å². The maximum atomic E-state index is 11.7. The number of carbonyl (C=O) groups is 2. The van der Waals surface area contributed by atoms with Crippen LogP contribution >= 0.6 is 0 Å². The summed E-state index contributed by atoms with van der Waals surface area (Å²) in [6.45, 7) is 5.68. The van der Waals surface area contributed by atoms with Crippen molar-refractivity contribution in [3.8, 4) is 0 Å². The van der Waals surface area contributed by atoms with Crippen molar-refractivity contribution in [2.45, 2.75) is 117 Å². The van der Waals surface area contributed by atoms with Gasteiger partial charge in [0.25, 0.3) is 0 Å². The van der Waals surface area contributed by atoms with E-state index in [1.165, 1.54) is 77.0 Å². The summed E-state index contributed by atoms with van der Waals surface area (Å²) < 4.78 is 0. The Morgan fingerprint density at radius 2 is 0.731 bits per heavy atom. The molecule has 0 radical (unpaired) electrons. The zero-order chi connectivity index (χ0) is 19.3. The van der Waals surface area contributed by atoms with Crippen LogP contribution in [0.2, 0.25) is 0 Å². The Morgan fingerprint density at radius 1 is 0.462 bits per heavy atom. The van der Waals surface area contributed by atoms with E-state index in [2.05, 4.69) is 24.5 Å². The van der Waals surface area contributed by atoms with Crippen molar-refractivity contribution < 1.29 is 9.59 Å². The van der Waals surface area contributed by atoms with E-state index in [4.69, 9.17) is 0 Å². The molecule has 4 heteroatoms. The molecule has 0 aromatic rings. The van der Waals surface area contributed by atoms with Crippen LogP contribution in [-0.4, -0.2) is 24.9 Å². The van der Waals surface area contributed by atoms with Crippen LogP contribution in [0.5, 0.6) is 0 Å². The van der Waals surface area contributed by atoms with Crippen LogP contribution in [0.1, 0.15) is 117 Å². The Labute approximate surface area is 162 Å². The van der Waals surface area contributed by atoms with E-state index in [1.54, 1.807) is 0 Å². The van der Waals surface area contributed by atoms with Gasteiger partial charge in [-0.15, -0.1) is 0 Å². The Morgan fingerprint density at radius 3 is 1.04 bits per heavy atom. The molecule has 0 aliphatic rings. The standard InChI is InChI=1S/C22H44N2O2/c1-3-5-7-9-11-13-15-17-19-23-21(25)22(26)24-20-18-16-14-12-10-8-6-4-2/h3-20H2,1-2H3,(H,23,25)(H,24,26). The molecular weight excluding hydrogens is 324 g/mol. The summed E-state index contributed by atoms with van der Waals surface area (Å²) in [6, 6.07) is 0. The minimum atomic E-state index is -0.479. The van der Waals surface area contributed by atoms with Gasteiger partial charge in [0.2, 0.25) is 0 Å². The van der Waals surface area contributed by atoms with Crippen LogP contribution in [-0.2, 0) is 9.59 Å². The van der Waals surface area contributed by atoms with Crippen LogP contribution < -0.4 is 10.6 Å². The summed E-state index contributed by atoms with van der Waals surface area (Å²) in [5.41, 5.74) is 0. The molecule has 0 bridgehead atoms. The molecule has 2 N–H and O–H groups in total. The van der Waals surface area contributed by atoms with Gasteiger partial charge in [-0.05, 0) is 12.8 Å². The lowest BCUT2D eigenvalue weighted by Crippen LogP contribution is -2.40. The Balaban J connectivity index is 3.34. The fourth-order valence-electron chi connectivity index (χ4n) is 3.08. The third kappa shape index (κ3) is 17.8. The van der Waals surface area contributed by atoms with Gasteiger partial charge in [-0.25, -0.2) is 0 Å². The second-order valence-corrected chi connectivity index (χ2v) is 7.46. The summed E-state index contributed by atoms with van der Waals surface area (Å²) in [6.07, 6.45) is 19.8. The fourth-order valence-corrected chi connectivity index (χ4v) is 3.08. The van der Waals surface area contributed by atoms with Gasteiger partial charge in [0.15, 0.2) is 0 Å². The van der Waals surface area contributed by atoms with Crippen molar-refractivity contribution in [2.75, 3.05) is 13.1 Å². The predicted octanol–water partition coefficient (Wildman–Crippen LogP) is 5.50. The summed E-state index contributed by atoms with van der Waals surface area (Å²) in [4.78, 5) is 23.4. The number of rotatable bonds is 18. The molecule has 0 aromatic carbocycles. The zero-order valence-electron chi connectivity index (χ0n) is 17.5. The SMILES string of the molecule is CCCCCCCCCCNC(=O)C(=O)NCCCCCCCCCC. The molecule has 0 fully saturated rings. The molecule has 0 aliphatic heterocycles. The maximum absolute atomic E-state index is 11.7. The van der Waals surface area contributed by atoms with Crippen LogP contribution in [0.4, 0.5) is 0 Å². The topological polar surface area (TPSA) is 58.2 Å². The summed E-state index contributed by atoms with van der Waals surface area (Å²) in [5.74, 6) is -0.958. The van der Waals surface area contributed by atoms with Gasteiger partial charge in [0.05, 0.1) is 0 Å². The van der Waals surface area contributed by atoms with Crippen molar-refractivity contribution >= 4 is 11.8 Å². The molecule has 0 atom stereocenters. The second-order valence-electron chi connectivity index (χ2n) is 7.46. The van der Waals surface area contributed by atoms with Crippen LogP contribution in [0.3, 0.4) is 0 Å². The number of hydrogen-bond acceptors (Lipinski definition) is 2. The molecule has 0 heterocycles. The molecule has 26 heavy (non-hydrogen) atoms. The zero-order valence-corrected chi connectivity index (χ0v) is 17.5. The average molecular weight is 369 g/mol. The molecule has 0 unspecified atom stereocenters. The van der Waals surface area contributed by atoms with Crippen molar-refractivity contribution in [3.63, 3.8) is 0 Å². The Bertz CT molecular complexity index is 300. The van der Waals surface area contributed by atoms with Crippen molar-refractivity contribution in [1.82, 2.24) is 10.6 Å². The molecule has 0 saturated carbocycles. The Hall–Kier alpha value is -1.06. The smallest absolute Gasteiger partial charge is 0.309 e.